The smallest absolute Gasteiger partial charge is 0.115 e. The fourth-order valence-electron chi connectivity index (χ4n) is 2.33. The third-order valence-electron chi connectivity index (χ3n) is 3.27. The van der Waals surface area contributed by atoms with Gasteiger partial charge in [-0.05, 0) is 42.2 Å². The quantitative estimate of drug-likeness (QED) is 0.716. The fraction of sp³-hybridized carbons (Fsp3) is 0.125. The molecule has 0 aliphatic rings. The highest BCUT2D eigenvalue weighted by atomic mass is 16.3. The lowest BCUT2D eigenvalue weighted by Crippen LogP contribution is -1.89. The summed E-state index contributed by atoms with van der Waals surface area (Å²) in [4.78, 5) is 3.29. The molecule has 1 heterocycles. The summed E-state index contributed by atoms with van der Waals surface area (Å²) in [5, 5.41) is 10.7. The largest absolute Gasteiger partial charge is 0.508 e. The first kappa shape index (κ1) is 10.9. The van der Waals surface area contributed by atoms with Gasteiger partial charge in [0.25, 0.3) is 0 Å². The van der Waals surface area contributed by atoms with Gasteiger partial charge in [0, 0.05) is 17.1 Å². The maximum atomic E-state index is 9.44. The highest BCUT2D eigenvalue weighted by Gasteiger charge is 2.03. The van der Waals surface area contributed by atoms with E-state index in [-0.39, 0.29) is 0 Å². The number of H-pyrrole nitrogens is 1. The van der Waals surface area contributed by atoms with Crippen molar-refractivity contribution in [3.05, 3.63) is 65.9 Å². The van der Waals surface area contributed by atoms with Crippen molar-refractivity contribution >= 4 is 10.9 Å². The molecule has 0 aliphatic carbocycles. The lowest BCUT2D eigenvalue weighted by molar-refractivity contribution is 0.474. The Morgan fingerprint density at radius 2 is 1.83 bits per heavy atom. The number of aromatic nitrogens is 1. The molecule has 18 heavy (non-hydrogen) atoms. The first-order valence-corrected chi connectivity index (χ1v) is 6.16. The molecule has 0 radical (unpaired) electrons. The standard InChI is InChI=1S/C16H15NO/c18-14-5-3-4-12(10-14)8-9-13-11-17-16-7-2-1-6-15(13)16/h1-7,10-11,17-18H,8-9H2. The number of fused-ring (bicyclic) bond motifs is 1. The minimum Gasteiger partial charge on any atom is -0.508 e. The van der Waals surface area contributed by atoms with Gasteiger partial charge in [0.1, 0.15) is 5.75 Å². The van der Waals surface area contributed by atoms with Gasteiger partial charge in [0.15, 0.2) is 0 Å². The fourth-order valence-corrected chi connectivity index (χ4v) is 2.33. The van der Waals surface area contributed by atoms with Crippen molar-refractivity contribution < 1.29 is 5.11 Å². The van der Waals surface area contributed by atoms with Crippen LogP contribution in [-0.4, -0.2) is 10.1 Å². The molecule has 0 spiro atoms. The van der Waals surface area contributed by atoms with Crippen molar-refractivity contribution in [2.75, 3.05) is 0 Å². The van der Waals surface area contributed by atoms with Gasteiger partial charge in [-0.25, -0.2) is 0 Å². The van der Waals surface area contributed by atoms with Crippen LogP contribution in [-0.2, 0) is 12.8 Å². The number of hydrogen-bond donors (Lipinski definition) is 2. The summed E-state index contributed by atoms with van der Waals surface area (Å²) in [6.45, 7) is 0. The molecule has 0 saturated carbocycles. The van der Waals surface area contributed by atoms with Crippen molar-refractivity contribution in [3.63, 3.8) is 0 Å². The van der Waals surface area contributed by atoms with E-state index in [0.29, 0.717) is 5.75 Å². The maximum absolute atomic E-state index is 9.44. The summed E-state index contributed by atoms with van der Waals surface area (Å²) < 4.78 is 0. The second kappa shape index (κ2) is 4.57. The molecule has 2 nitrogen and oxygen atoms in total. The summed E-state index contributed by atoms with van der Waals surface area (Å²) in [5.41, 5.74) is 3.68. The third kappa shape index (κ3) is 2.09. The van der Waals surface area contributed by atoms with Crippen LogP contribution in [0.15, 0.2) is 54.7 Å². The van der Waals surface area contributed by atoms with Crippen LogP contribution in [0, 0.1) is 0 Å². The Balaban J connectivity index is 1.81. The Labute approximate surface area is 106 Å². The van der Waals surface area contributed by atoms with E-state index in [2.05, 4.69) is 35.4 Å². The Hall–Kier alpha value is -2.22. The van der Waals surface area contributed by atoms with Crippen LogP contribution in [0.5, 0.6) is 5.75 Å². The summed E-state index contributed by atoms with van der Waals surface area (Å²) in [7, 11) is 0. The monoisotopic (exact) mass is 237 g/mol. The summed E-state index contributed by atoms with van der Waals surface area (Å²) in [5.74, 6) is 0.339. The van der Waals surface area contributed by atoms with Crippen LogP contribution in [0.2, 0.25) is 0 Å². The lowest BCUT2D eigenvalue weighted by Gasteiger charge is -2.01. The number of aryl methyl sites for hydroxylation is 2. The first-order valence-electron chi connectivity index (χ1n) is 6.16. The SMILES string of the molecule is Oc1cccc(CCc2c[nH]c3ccccc23)c1. The molecule has 1 aromatic heterocycles. The molecule has 2 heteroatoms. The molecular formula is C16H15NO. The van der Waals surface area contributed by atoms with Gasteiger partial charge >= 0.3 is 0 Å². The molecule has 3 aromatic rings. The summed E-state index contributed by atoms with van der Waals surface area (Å²) >= 11 is 0. The predicted octanol–water partition coefficient (Wildman–Crippen LogP) is 3.66. The Morgan fingerprint density at radius 3 is 2.72 bits per heavy atom. The minimum absolute atomic E-state index is 0.339. The van der Waals surface area contributed by atoms with E-state index in [9.17, 15) is 5.11 Å². The number of aromatic amines is 1. The molecular weight excluding hydrogens is 222 g/mol. The molecule has 0 aliphatic heterocycles. The second-order valence-electron chi connectivity index (χ2n) is 4.53. The van der Waals surface area contributed by atoms with Gasteiger partial charge in [0.2, 0.25) is 0 Å². The summed E-state index contributed by atoms with van der Waals surface area (Å²) in [6, 6.07) is 15.8. The Bertz CT molecular complexity index is 669. The van der Waals surface area contributed by atoms with Crippen LogP contribution < -0.4 is 0 Å². The molecule has 3 rings (SSSR count). The van der Waals surface area contributed by atoms with E-state index in [1.807, 2.05) is 18.2 Å². The number of para-hydroxylation sites is 1. The highest BCUT2D eigenvalue weighted by Crippen LogP contribution is 2.20. The number of benzene rings is 2. The average molecular weight is 237 g/mol. The Morgan fingerprint density at radius 1 is 0.944 bits per heavy atom. The molecule has 2 aromatic carbocycles. The predicted molar refractivity (Wildman–Crippen MR) is 73.8 cm³/mol. The molecule has 0 bridgehead atoms. The Kier molecular flexibility index (Phi) is 2.77. The number of nitrogens with one attached hydrogen (secondary N) is 1. The summed E-state index contributed by atoms with van der Waals surface area (Å²) in [6.07, 6.45) is 4.00. The normalized spacial score (nSPS) is 10.9. The molecule has 0 atom stereocenters. The molecule has 0 saturated heterocycles. The van der Waals surface area contributed by atoms with Crippen molar-refractivity contribution in [1.82, 2.24) is 4.98 Å². The van der Waals surface area contributed by atoms with E-state index in [0.717, 1.165) is 12.8 Å². The maximum Gasteiger partial charge on any atom is 0.115 e. The molecule has 90 valence electrons. The lowest BCUT2D eigenvalue weighted by atomic mass is 10.0. The molecule has 0 fully saturated rings. The van der Waals surface area contributed by atoms with Crippen molar-refractivity contribution in [2.24, 2.45) is 0 Å². The van der Waals surface area contributed by atoms with Crippen molar-refractivity contribution in [1.29, 1.82) is 0 Å². The minimum atomic E-state index is 0.339. The third-order valence-corrected chi connectivity index (χ3v) is 3.27. The number of rotatable bonds is 3. The van der Waals surface area contributed by atoms with E-state index >= 15 is 0 Å². The van der Waals surface area contributed by atoms with Crippen LogP contribution >= 0.6 is 0 Å². The zero-order chi connectivity index (χ0) is 12.4. The van der Waals surface area contributed by atoms with Crippen molar-refractivity contribution in [2.45, 2.75) is 12.8 Å². The number of phenolic OH excluding ortho intramolecular Hbond substituents is 1. The second-order valence-corrected chi connectivity index (χ2v) is 4.53. The van der Waals surface area contributed by atoms with Crippen LogP contribution in [0.4, 0.5) is 0 Å². The topological polar surface area (TPSA) is 36.0 Å². The highest BCUT2D eigenvalue weighted by molar-refractivity contribution is 5.83. The average Bonchev–Trinajstić information content (AvgIpc) is 2.80. The van der Waals surface area contributed by atoms with Crippen LogP contribution in [0.25, 0.3) is 10.9 Å². The van der Waals surface area contributed by atoms with Gasteiger partial charge in [-0.2, -0.15) is 0 Å². The number of hydrogen-bond acceptors (Lipinski definition) is 1. The van der Waals surface area contributed by atoms with E-state index in [1.165, 1.54) is 22.0 Å². The van der Waals surface area contributed by atoms with E-state index < -0.39 is 0 Å². The van der Waals surface area contributed by atoms with Gasteiger partial charge in [-0.3, -0.25) is 0 Å². The van der Waals surface area contributed by atoms with Gasteiger partial charge in [-0.15, -0.1) is 0 Å². The number of aromatic hydroxyl groups is 1. The zero-order valence-electron chi connectivity index (χ0n) is 10.1. The van der Waals surface area contributed by atoms with Crippen LogP contribution in [0.3, 0.4) is 0 Å². The van der Waals surface area contributed by atoms with Gasteiger partial charge in [0.05, 0.1) is 0 Å². The van der Waals surface area contributed by atoms with Crippen LogP contribution in [0.1, 0.15) is 11.1 Å². The van der Waals surface area contributed by atoms with E-state index in [1.54, 1.807) is 6.07 Å². The van der Waals surface area contributed by atoms with Gasteiger partial charge < -0.3 is 10.1 Å². The molecule has 0 amide bonds. The van der Waals surface area contributed by atoms with Gasteiger partial charge in [-0.1, -0.05) is 30.3 Å². The zero-order valence-corrected chi connectivity index (χ0v) is 10.1. The van der Waals surface area contributed by atoms with E-state index in [4.69, 9.17) is 0 Å². The molecule has 0 unspecified atom stereocenters. The number of phenols is 1. The molecule has 2 N–H and O–H groups in total. The van der Waals surface area contributed by atoms with Crippen molar-refractivity contribution in [3.8, 4) is 5.75 Å². The first-order chi connectivity index (χ1) is 8.83.